The van der Waals surface area contributed by atoms with Crippen LogP contribution in [0.15, 0.2) is 54.4 Å². The third kappa shape index (κ3) is 6.77. The Bertz CT molecular complexity index is 1920. The number of ether oxygens (including phenoxy) is 3. The Labute approximate surface area is 286 Å². The van der Waals surface area contributed by atoms with E-state index in [1.165, 1.54) is 29.2 Å². The lowest BCUT2D eigenvalue weighted by molar-refractivity contribution is 0.0114. The predicted octanol–water partition coefficient (Wildman–Crippen LogP) is 6.00. The number of carbonyl (C=O) groups excluding carboxylic acids is 1. The van der Waals surface area contributed by atoms with Crippen LogP contribution in [0.2, 0.25) is 0 Å². The van der Waals surface area contributed by atoms with Gasteiger partial charge in [-0.2, -0.15) is 5.10 Å². The molecule has 0 saturated carbocycles. The summed E-state index contributed by atoms with van der Waals surface area (Å²) in [5.74, 6) is -2.23. The molecule has 0 radical (unpaired) electrons. The molecule has 7 rings (SSSR count). The number of morpholine rings is 1. The molecule has 10 nitrogen and oxygen atoms in total. The fourth-order valence-electron chi connectivity index (χ4n) is 6.82. The van der Waals surface area contributed by atoms with Crippen molar-refractivity contribution in [2.24, 2.45) is 0 Å². The van der Waals surface area contributed by atoms with E-state index in [9.17, 15) is 22.4 Å². The highest BCUT2D eigenvalue weighted by Crippen LogP contribution is 2.40. The Morgan fingerprint density at radius 2 is 1.78 bits per heavy atom. The highest BCUT2D eigenvalue weighted by Gasteiger charge is 2.30. The van der Waals surface area contributed by atoms with Gasteiger partial charge in [-0.15, -0.1) is 0 Å². The first-order valence-electron chi connectivity index (χ1n) is 16.5. The number of anilines is 2. The molecule has 0 atom stereocenters. The number of nitrogens with zero attached hydrogens (tertiary/aromatic N) is 5. The number of Topliss-reactive ketones (excluding diaryl/α,β-unsaturated/α-hetero) is 1. The van der Waals surface area contributed by atoms with E-state index in [0.717, 1.165) is 81.2 Å². The molecule has 262 valence electrons. The summed E-state index contributed by atoms with van der Waals surface area (Å²) in [6, 6.07) is 9.00. The van der Waals surface area contributed by atoms with Crippen LogP contribution in [-0.4, -0.2) is 83.9 Å². The van der Waals surface area contributed by atoms with Gasteiger partial charge < -0.3 is 24.8 Å². The molecule has 14 heteroatoms. The topological polar surface area (TPSA) is 108 Å². The van der Waals surface area contributed by atoms with Crippen molar-refractivity contribution in [2.45, 2.75) is 38.7 Å². The number of hydrogen-bond acceptors (Lipinski definition) is 9. The first-order chi connectivity index (χ1) is 24.2. The van der Waals surface area contributed by atoms with Crippen molar-refractivity contribution in [3.63, 3.8) is 0 Å². The van der Waals surface area contributed by atoms with E-state index < -0.39 is 30.4 Å². The smallest absolute Gasteiger partial charge is 0.272 e. The lowest BCUT2D eigenvalue weighted by atomic mass is 10.00. The van der Waals surface area contributed by atoms with Crippen molar-refractivity contribution >= 4 is 23.4 Å². The maximum atomic E-state index is 14.1. The van der Waals surface area contributed by atoms with Crippen LogP contribution >= 0.6 is 0 Å². The summed E-state index contributed by atoms with van der Waals surface area (Å²) in [6.07, 6.45) is 4.06. The third-order valence-corrected chi connectivity index (χ3v) is 9.42. The zero-order chi connectivity index (χ0) is 34.9. The van der Waals surface area contributed by atoms with Gasteiger partial charge >= 0.3 is 0 Å². The van der Waals surface area contributed by atoms with Crippen molar-refractivity contribution in [3.05, 3.63) is 88.3 Å². The van der Waals surface area contributed by atoms with Crippen LogP contribution in [0, 0.1) is 18.6 Å². The first-order valence-corrected chi connectivity index (χ1v) is 16.5. The van der Waals surface area contributed by atoms with E-state index in [4.69, 9.17) is 19.9 Å². The SMILES string of the molecule is Cc1cc(Oc2c(F)cccc2F)ncc1-n1ncc(C(=O)C2=Cc3cc(OCC(F)F)c(N4CCC(N5CCOCC5)CC4)cc3C2)c1N. The van der Waals surface area contributed by atoms with Gasteiger partial charge in [0.2, 0.25) is 11.6 Å². The predicted molar refractivity (Wildman–Crippen MR) is 179 cm³/mol. The van der Waals surface area contributed by atoms with E-state index in [1.54, 1.807) is 19.1 Å². The summed E-state index contributed by atoms with van der Waals surface area (Å²) in [4.78, 5) is 22.6. The minimum Gasteiger partial charge on any atom is -0.485 e. The van der Waals surface area contributed by atoms with E-state index in [0.29, 0.717) is 35.0 Å². The van der Waals surface area contributed by atoms with Crippen LogP contribution in [0.5, 0.6) is 17.4 Å². The average molecular weight is 693 g/mol. The fourth-order valence-corrected chi connectivity index (χ4v) is 6.82. The van der Waals surface area contributed by atoms with Gasteiger partial charge in [-0.1, -0.05) is 6.07 Å². The molecule has 2 aromatic heterocycles. The zero-order valence-corrected chi connectivity index (χ0v) is 27.4. The van der Waals surface area contributed by atoms with E-state index in [2.05, 4.69) is 19.9 Å². The zero-order valence-electron chi connectivity index (χ0n) is 27.4. The number of ketones is 1. The number of carbonyl (C=O) groups is 1. The molecule has 1 aliphatic carbocycles. The van der Waals surface area contributed by atoms with Crippen LogP contribution in [0.4, 0.5) is 29.1 Å². The van der Waals surface area contributed by atoms with Gasteiger partial charge in [0.15, 0.2) is 17.4 Å². The summed E-state index contributed by atoms with van der Waals surface area (Å²) in [5.41, 5.74) is 10.5. The Balaban J connectivity index is 1.08. The van der Waals surface area contributed by atoms with Gasteiger partial charge in [-0.3, -0.25) is 9.69 Å². The maximum Gasteiger partial charge on any atom is 0.272 e. The van der Waals surface area contributed by atoms with Crippen LogP contribution < -0.4 is 20.1 Å². The molecule has 3 aliphatic rings. The van der Waals surface area contributed by atoms with Gasteiger partial charge in [0.1, 0.15) is 18.2 Å². The van der Waals surface area contributed by atoms with Gasteiger partial charge in [0.05, 0.1) is 42.5 Å². The lowest BCUT2D eigenvalue weighted by Gasteiger charge is -2.41. The number of halogens is 4. The standard InChI is InChI=1S/C36H36F4N6O4/c1-21-13-33(50-35-27(37)3-2-4-28(35)38)42-19-30(21)46-36(41)26(18-43-46)34(47)24-14-22-16-29(31(17-23(22)15-24)49-20-32(39)40)45-7-5-25(6-8-45)44-9-11-48-12-10-44/h2-4,13,15-19,25,32H,5-12,14,20,41H2,1H3. The van der Waals surface area contributed by atoms with Gasteiger partial charge in [0.25, 0.3) is 6.43 Å². The number of pyridine rings is 1. The Morgan fingerprint density at radius 3 is 2.48 bits per heavy atom. The summed E-state index contributed by atoms with van der Waals surface area (Å²) in [6.45, 7) is 5.78. The highest BCUT2D eigenvalue weighted by atomic mass is 19.3. The molecular formula is C36H36F4N6O4. The third-order valence-electron chi connectivity index (χ3n) is 9.42. The average Bonchev–Trinajstić information content (AvgIpc) is 3.71. The number of aromatic nitrogens is 3. The van der Waals surface area contributed by atoms with Gasteiger partial charge in [-0.05, 0) is 66.8 Å². The van der Waals surface area contributed by atoms with Crippen LogP contribution in [0.1, 0.15) is 39.9 Å². The molecule has 4 heterocycles. The lowest BCUT2D eigenvalue weighted by Crippen LogP contribution is -2.49. The highest BCUT2D eigenvalue weighted by molar-refractivity contribution is 6.15. The Hall–Kier alpha value is -4.95. The molecule has 0 spiro atoms. The number of hydrogen-bond donors (Lipinski definition) is 1. The van der Waals surface area contributed by atoms with Gasteiger partial charge in [0, 0.05) is 50.3 Å². The molecule has 0 unspecified atom stereocenters. The second-order valence-corrected chi connectivity index (χ2v) is 12.6. The number of nitrogen functional groups attached to an aromatic ring is 1. The van der Waals surface area contributed by atoms with Crippen LogP contribution in [-0.2, 0) is 11.2 Å². The molecule has 4 aromatic rings. The number of benzene rings is 2. The fraction of sp³-hybridized carbons (Fsp3) is 0.361. The number of alkyl halides is 2. The molecule has 2 saturated heterocycles. The number of aryl methyl sites for hydroxylation is 1. The summed E-state index contributed by atoms with van der Waals surface area (Å²) >= 11 is 0. The summed E-state index contributed by atoms with van der Waals surface area (Å²) in [5, 5.41) is 4.34. The second kappa shape index (κ2) is 14.1. The van der Waals surface area contributed by atoms with Crippen molar-refractivity contribution < 1.29 is 36.6 Å². The molecule has 0 amide bonds. The molecule has 2 aromatic carbocycles. The molecule has 2 aliphatic heterocycles. The van der Waals surface area contributed by atoms with Crippen LogP contribution in [0.25, 0.3) is 11.8 Å². The quantitative estimate of drug-likeness (QED) is 0.158. The second-order valence-electron chi connectivity index (χ2n) is 12.6. The number of allylic oxidation sites excluding steroid dienone is 1. The van der Waals surface area contributed by atoms with Gasteiger partial charge in [-0.25, -0.2) is 27.2 Å². The van der Waals surface area contributed by atoms with Crippen molar-refractivity contribution in [3.8, 4) is 23.1 Å². The van der Waals surface area contributed by atoms with Crippen LogP contribution in [0.3, 0.4) is 0 Å². The number of rotatable bonds is 10. The maximum absolute atomic E-state index is 14.1. The number of para-hydroxylation sites is 1. The summed E-state index contributed by atoms with van der Waals surface area (Å²) < 4.78 is 72.5. The van der Waals surface area contributed by atoms with Crippen molar-refractivity contribution in [2.75, 3.05) is 56.6 Å². The largest absolute Gasteiger partial charge is 0.485 e. The normalized spacial score (nSPS) is 16.8. The Kier molecular flexibility index (Phi) is 9.47. The van der Waals surface area contributed by atoms with E-state index in [-0.39, 0.29) is 23.0 Å². The Morgan fingerprint density at radius 1 is 1.04 bits per heavy atom. The number of nitrogens with two attached hydrogens (primary N) is 1. The van der Waals surface area contributed by atoms with Crippen molar-refractivity contribution in [1.29, 1.82) is 0 Å². The van der Waals surface area contributed by atoms with E-state index >= 15 is 0 Å². The molecule has 2 fully saturated rings. The monoisotopic (exact) mass is 692 g/mol. The minimum absolute atomic E-state index is 0.0381. The summed E-state index contributed by atoms with van der Waals surface area (Å²) in [7, 11) is 0. The molecular weight excluding hydrogens is 656 g/mol. The molecule has 0 bridgehead atoms. The first kappa shape index (κ1) is 33.5. The minimum atomic E-state index is -2.63. The molecule has 2 N–H and O–H groups in total. The van der Waals surface area contributed by atoms with E-state index in [1.807, 2.05) is 6.07 Å². The van der Waals surface area contributed by atoms with Crippen molar-refractivity contribution in [1.82, 2.24) is 19.7 Å². The molecule has 50 heavy (non-hydrogen) atoms. The number of fused-ring (bicyclic) bond motifs is 1. The number of piperidine rings is 1.